The minimum absolute atomic E-state index is 0.00787. The summed E-state index contributed by atoms with van der Waals surface area (Å²) >= 11 is 0. The van der Waals surface area contributed by atoms with E-state index in [9.17, 15) is 9.59 Å². The molecule has 2 aromatic heterocycles. The Bertz CT molecular complexity index is 763. The smallest absolute Gasteiger partial charge is 0.335 e. The number of hydrogen-bond donors (Lipinski definition) is 1. The number of amides is 1. The van der Waals surface area contributed by atoms with Gasteiger partial charge in [-0.25, -0.2) is 14.8 Å². The highest BCUT2D eigenvalue weighted by molar-refractivity contribution is 5.93. The molecule has 8 nitrogen and oxygen atoms in total. The van der Waals surface area contributed by atoms with Crippen LogP contribution in [0.1, 0.15) is 36.0 Å². The lowest BCUT2D eigenvalue weighted by atomic mass is 9.93. The number of carbonyl (C=O) groups excluding carboxylic acids is 1. The molecule has 2 heterocycles. The Morgan fingerprint density at radius 2 is 1.88 bits per heavy atom. The number of methoxy groups -OCH3 is 1. The van der Waals surface area contributed by atoms with Crippen molar-refractivity contribution in [3.8, 4) is 11.8 Å². The van der Waals surface area contributed by atoms with Gasteiger partial charge in [0.2, 0.25) is 0 Å². The van der Waals surface area contributed by atoms with E-state index < -0.39 is 5.63 Å². The number of carbonyl (C=O) groups is 1. The number of nitrogens with zero attached hydrogens (tertiary/aromatic N) is 2. The monoisotopic (exact) mass is 345 g/mol. The number of aromatic nitrogens is 2. The molecule has 0 radical (unpaired) electrons. The van der Waals surface area contributed by atoms with Crippen LogP contribution in [0.5, 0.6) is 11.8 Å². The second-order valence-corrected chi connectivity index (χ2v) is 5.78. The highest BCUT2D eigenvalue weighted by atomic mass is 16.5. The van der Waals surface area contributed by atoms with Gasteiger partial charge in [0, 0.05) is 24.5 Å². The molecule has 1 aliphatic rings. The summed E-state index contributed by atoms with van der Waals surface area (Å²) in [5, 5.41) is 2.95. The van der Waals surface area contributed by atoms with Crippen molar-refractivity contribution in [2.24, 2.45) is 0 Å². The van der Waals surface area contributed by atoms with Crippen molar-refractivity contribution in [2.45, 2.75) is 37.8 Å². The SMILES string of the molecule is COc1nccnc1OC1CCC(NC(=O)c2ccc(=O)oc2)CC1. The van der Waals surface area contributed by atoms with Gasteiger partial charge in [-0.15, -0.1) is 0 Å². The molecule has 0 aliphatic heterocycles. The standard InChI is InChI=1S/C17H19N3O5/c1-23-16-17(19-9-8-18-16)25-13-5-3-12(4-6-13)20-15(22)11-2-7-14(21)24-10-11/h2,7-10,12-13H,3-6H2,1H3,(H,20,22). The molecule has 1 amide bonds. The summed E-state index contributed by atoms with van der Waals surface area (Å²) in [6.07, 6.45) is 7.43. The summed E-state index contributed by atoms with van der Waals surface area (Å²) in [5.41, 5.74) is -0.143. The largest absolute Gasteiger partial charge is 0.477 e. The molecule has 1 saturated carbocycles. The van der Waals surface area contributed by atoms with Crippen LogP contribution in [0.15, 0.2) is 40.0 Å². The first kappa shape index (κ1) is 16.9. The highest BCUT2D eigenvalue weighted by Crippen LogP contribution is 2.27. The van der Waals surface area contributed by atoms with Crippen LogP contribution in [-0.2, 0) is 0 Å². The third-order valence-electron chi connectivity index (χ3n) is 4.08. The molecule has 2 aromatic rings. The van der Waals surface area contributed by atoms with Crippen LogP contribution in [0.2, 0.25) is 0 Å². The molecule has 8 heteroatoms. The molecule has 0 bridgehead atoms. The van der Waals surface area contributed by atoms with Crippen LogP contribution in [0, 0.1) is 0 Å². The number of ether oxygens (including phenoxy) is 2. The third kappa shape index (κ3) is 4.34. The molecule has 132 valence electrons. The molecule has 0 atom stereocenters. The van der Waals surface area contributed by atoms with E-state index >= 15 is 0 Å². The zero-order chi connectivity index (χ0) is 17.6. The lowest BCUT2D eigenvalue weighted by Crippen LogP contribution is -2.39. The maximum absolute atomic E-state index is 12.1. The average Bonchev–Trinajstić information content (AvgIpc) is 2.64. The van der Waals surface area contributed by atoms with Gasteiger partial charge < -0.3 is 19.2 Å². The van der Waals surface area contributed by atoms with Crippen LogP contribution >= 0.6 is 0 Å². The molecule has 0 saturated heterocycles. The maximum atomic E-state index is 12.1. The molecular formula is C17H19N3O5. The first-order valence-corrected chi connectivity index (χ1v) is 8.07. The average molecular weight is 345 g/mol. The zero-order valence-corrected chi connectivity index (χ0v) is 13.8. The van der Waals surface area contributed by atoms with Gasteiger partial charge in [0.25, 0.3) is 17.7 Å². The molecule has 0 spiro atoms. The maximum Gasteiger partial charge on any atom is 0.335 e. The van der Waals surface area contributed by atoms with Gasteiger partial charge in [0.15, 0.2) is 0 Å². The normalized spacial score (nSPS) is 19.9. The first-order chi connectivity index (χ1) is 12.2. The lowest BCUT2D eigenvalue weighted by Gasteiger charge is -2.29. The molecule has 25 heavy (non-hydrogen) atoms. The topological polar surface area (TPSA) is 104 Å². The summed E-state index contributed by atoms with van der Waals surface area (Å²) in [5.74, 6) is 0.504. The van der Waals surface area contributed by atoms with Crippen molar-refractivity contribution >= 4 is 5.91 Å². The summed E-state index contributed by atoms with van der Waals surface area (Å²) in [6, 6.07) is 2.74. The van der Waals surface area contributed by atoms with Gasteiger partial charge in [0.1, 0.15) is 12.4 Å². The van der Waals surface area contributed by atoms with Crippen LogP contribution < -0.4 is 20.4 Å². The molecule has 0 aromatic carbocycles. The fourth-order valence-electron chi connectivity index (χ4n) is 2.77. The van der Waals surface area contributed by atoms with E-state index in [-0.39, 0.29) is 18.1 Å². The van der Waals surface area contributed by atoms with E-state index in [4.69, 9.17) is 13.9 Å². The van der Waals surface area contributed by atoms with Crippen molar-refractivity contribution < 1.29 is 18.7 Å². The van der Waals surface area contributed by atoms with Gasteiger partial charge >= 0.3 is 5.63 Å². The molecule has 1 fully saturated rings. The Morgan fingerprint density at radius 3 is 2.52 bits per heavy atom. The van der Waals surface area contributed by atoms with Crippen molar-refractivity contribution in [3.05, 3.63) is 46.8 Å². The third-order valence-corrected chi connectivity index (χ3v) is 4.08. The van der Waals surface area contributed by atoms with Crippen LogP contribution in [0.25, 0.3) is 0 Å². The van der Waals surface area contributed by atoms with Crippen molar-refractivity contribution in [1.82, 2.24) is 15.3 Å². The van der Waals surface area contributed by atoms with Gasteiger partial charge in [-0.2, -0.15) is 0 Å². The highest BCUT2D eigenvalue weighted by Gasteiger charge is 2.25. The Hall–Kier alpha value is -2.90. The van der Waals surface area contributed by atoms with E-state index in [0.29, 0.717) is 17.3 Å². The second kappa shape index (κ2) is 7.78. The molecular weight excluding hydrogens is 326 g/mol. The molecule has 1 N–H and O–H groups in total. The van der Waals surface area contributed by atoms with Crippen LogP contribution in [0.4, 0.5) is 0 Å². The van der Waals surface area contributed by atoms with E-state index in [1.54, 1.807) is 12.4 Å². The fourth-order valence-corrected chi connectivity index (χ4v) is 2.77. The number of hydrogen-bond acceptors (Lipinski definition) is 7. The van der Waals surface area contributed by atoms with Crippen LogP contribution in [-0.4, -0.2) is 35.1 Å². The lowest BCUT2D eigenvalue weighted by molar-refractivity contribution is 0.0884. The van der Waals surface area contributed by atoms with E-state index in [0.717, 1.165) is 25.7 Å². The quantitative estimate of drug-likeness (QED) is 0.877. The second-order valence-electron chi connectivity index (χ2n) is 5.78. The summed E-state index contributed by atoms with van der Waals surface area (Å²) in [4.78, 5) is 31.3. The fraction of sp³-hybridized carbons (Fsp3) is 0.412. The Kier molecular flexibility index (Phi) is 5.27. The van der Waals surface area contributed by atoms with Crippen molar-refractivity contribution in [1.29, 1.82) is 0 Å². The van der Waals surface area contributed by atoms with Gasteiger partial charge in [-0.05, 0) is 31.7 Å². The zero-order valence-electron chi connectivity index (χ0n) is 13.8. The van der Waals surface area contributed by atoms with E-state index in [1.165, 1.54) is 25.5 Å². The van der Waals surface area contributed by atoms with Crippen LogP contribution in [0.3, 0.4) is 0 Å². The minimum atomic E-state index is -0.478. The first-order valence-electron chi connectivity index (χ1n) is 8.07. The molecule has 1 aliphatic carbocycles. The molecule has 0 unspecified atom stereocenters. The minimum Gasteiger partial charge on any atom is -0.477 e. The summed E-state index contributed by atoms with van der Waals surface area (Å²) in [6.45, 7) is 0. The van der Waals surface area contributed by atoms with Gasteiger partial charge in [-0.3, -0.25) is 4.79 Å². The summed E-state index contributed by atoms with van der Waals surface area (Å²) < 4.78 is 15.7. The Labute approximate surface area is 144 Å². The Balaban J connectivity index is 1.51. The van der Waals surface area contributed by atoms with E-state index in [2.05, 4.69) is 15.3 Å². The predicted octanol–water partition coefficient (Wildman–Crippen LogP) is 1.56. The van der Waals surface area contributed by atoms with Crippen molar-refractivity contribution in [2.75, 3.05) is 7.11 Å². The predicted molar refractivity (Wildman–Crippen MR) is 87.7 cm³/mol. The summed E-state index contributed by atoms with van der Waals surface area (Å²) in [7, 11) is 1.52. The van der Waals surface area contributed by atoms with Crippen molar-refractivity contribution in [3.63, 3.8) is 0 Å². The Morgan fingerprint density at radius 1 is 1.16 bits per heavy atom. The number of nitrogens with one attached hydrogen (secondary N) is 1. The molecule has 3 rings (SSSR count). The number of rotatable bonds is 5. The van der Waals surface area contributed by atoms with Gasteiger partial charge in [0.05, 0.1) is 12.7 Å². The van der Waals surface area contributed by atoms with E-state index in [1.807, 2.05) is 0 Å². The van der Waals surface area contributed by atoms with Gasteiger partial charge in [-0.1, -0.05) is 0 Å².